The van der Waals surface area contributed by atoms with Gasteiger partial charge in [0, 0.05) is 24.9 Å². The summed E-state index contributed by atoms with van der Waals surface area (Å²) in [5.74, 6) is 0.0586. The van der Waals surface area contributed by atoms with Crippen LogP contribution in [0.1, 0.15) is 19.4 Å². The summed E-state index contributed by atoms with van der Waals surface area (Å²) in [5, 5.41) is 13.0. The predicted octanol–water partition coefficient (Wildman–Crippen LogP) is 2.72. The highest BCUT2D eigenvalue weighted by Gasteiger charge is 2.34. The van der Waals surface area contributed by atoms with E-state index in [0.717, 1.165) is 16.3 Å². The van der Waals surface area contributed by atoms with Gasteiger partial charge in [-0.1, -0.05) is 32.0 Å². The van der Waals surface area contributed by atoms with Gasteiger partial charge < -0.3 is 9.84 Å². The van der Waals surface area contributed by atoms with Crippen LogP contribution in [0.2, 0.25) is 0 Å². The largest absolute Gasteiger partial charge is 0.382 e. The predicted molar refractivity (Wildman–Crippen MR) is 72.4 cm³/mol. The van der Waals surface area contributed by atoms with Gasteiger partial charge in [-0.15, -0.1) is 0 Å². The quantitative estimate of drug-likeness (QED) is 0.900. The molecule has 0 saturated heterocycles. The Hall–Kier alpha value is -1.45. The van der Waals surface area contributed by atoms with Gasteiger partial charge in [-0.3, -0.25) is 4.98 Å². The van der Waals surface area contributed by atoms with Crippen molar-refractivity contribution >= 4 is 10.8 Å². The minimum Gasteiger partial charge on any atom is -0.382 e. The summed E-state index contributed by atoms with van der Waals surface area (Å²) in [7, 11) is 1.61. The maximum Gasteiger partial charge on any atom is 0.116 e. The fraction of sp³-hybridized carbons (Fsp3) is 0.400. The summed E-state index contributed by atoms with van der Waals surface area (Å²) >= 11 is 0. The Balaban J connectivity index is 2.64. The van der Waals surface area contributed by atoms with Crippen molar-refractivity contribution in [2.75, 3.05) is 13.7 Å². The Morgan fingerprint density at radius 1 is 1.33 bits per heavy atom. The minimum absolute atomic E-state index is 0.0586. The highest BCUT2D eigenvalue weighted by molar-refractivity contribution is 5.85. The lowest BCUT2D eigenvalue weighted by molar-refractivity contribution is -0.0689. The van der Waals surface area contributed by atoms with Crippen LogP contribution in [0.4, 0.5) is 0 Å². The zero-order chi connectivity index (χ0) is 13.2. The molecule has 3 heteroatoms. The minimum atomic E-state index is -0.989. The van der Waals surface area contributed by atoms with Crippen LogP contribution in [-0.4, -0.2) is 23.8 Å². The van der Waals surface area contributed by atoms with E-state index in [1.165, 1.54) is 0 Å². The van der Waals surface area contributed by atoms with E-state index in [1.54, 1.807) is 19.5 Å². The number of pyridine rings is 1. The third kappa shape index (κ3) is 2.11. The number of hydrogen-bond donors (Lipinski definition) is 1. The summed E-state index contributed by atoms with van der Waals surface area (Å²) in [6.45, 7) is 4.26. The number of nitrogens with zero attached hydrogens (tertiary/aromatic N) is 1. The van der Waals surface area contributed by atoms with Crippen LogP contribution in [0, 0.1) is 5.92 Å². The molecule has 1 atom stereocenters. The SMILES string of the molecule is COCC(O)(c1cccc2ccncc12)C(C)C. The molecule has 1 unspecified atom stereocenters. The van der Waals surface area contributed by atoms with E-state index in [1.807, 2.05) is 38.1 Å². The summed E-state index contributed by atoms with van der Waals surface area (Å²) in [5.41, 5.74) is -0.109. The Bertz CT molecular complexity index is 534. The number of rotatable bonds is 4. The van der Waals surface area contributed by atoms with Gasteiger partial charge in [-0.25, -0.2) is 0 Å². The summed E-state index contributed by atoms with van der Waals surface area (Å²) in [6, 6.07) is 7.88. The van der Waals surface area contributed by atoms with Gasteiger partial charge >= 0.3 is 0 Å². The van der Waals surface area contributed by atoms with E-state index in [-0.39, 0.29) is 12.5 Å². The van der Waals surface area contributed by atoms with Crippen LogP contribution in [0.15, 0.2) is 36.7 Å². The summed E-state index contributed by atoms with van der Waals surface area (Å²) in [6.07, 6.45) is 3.56. The highest BCUT2D eigenvalue weighted by Crippen LogP contribution is 2.34. The molecule has 18 heavy (non-hydrogen) atoms. The second-order valence-electron chi connectivity index (χ2n) is 4.91. The maximum atomic E-state index is 10.9. The van der Waals surface area contributed by atoms with Gasteiger partial charge in [0.2, 0.25) is 0 Å². The molecule has 1 heterocycles. The molecule has 0 spiro atoms. The van der Waals surface area contributed by atoms with Crippen LogP contribution in [0.25, 0.3) is 10.8 Å². The molecule has 1 aromatic heterocycles. The van der Waals surface area contributed by atoms with Crippen molar-refractivity contribution < 1.29 is 9.84 Å². The smallest absolute Gasteiger partial charge is 0.116 e. The number of benzene rings is 1. The summed E-state index contributed by atoms with van der Waals surface area (Å²) < 4.78 is 5.20. The van der Waals surface area contributed by atoms with Crippen molar-refractivity contribution in [1.82, 2.24) is 4.98 Å². The number of hydrogen-bond acceptors (Lipinski definition) is 3. The molecule has 0 radical (unpaired) electrons. The first-order valence-corrected chi connectivity index (χ1v) is 6.14. The molecule has 2 aromatic rings. The van der Waals surface area contributed by atoms with Crippen molar-refractivity contribution in [1.29, 1.82) is 0 Å². The van der Waals surface area contributed by atoms with E-state index in [4.69, 9.17) is 4.74 Å². The standard InChI is InChI=1S/C15H19NO2/c1-11(2)15(17,10-18-3)14-6-4-5-12-7-8-16-9-13(12)14/h4-9,11,17H,10H2,1-3H3. The Labute approximate surface area is 107 Å². The van der Waals surface area contributed by atoms with Crippen LogP contribution < -0.4 is 0 Å². The average molecular weight is 245 g/mol. The normalized spacial score (nSPS) is 14.9. The second-order valence-corrected chi connectivity index (χ2v) is 4.91. The first kappa shape index (κ1) is 13.0. The van der Waals surface area contributed by atoms with Crippen molar-refractivity contribution in [3.8, 4) is 0 Å². The molecule has 0 amide bonds. The number of ether oxygens (including phenoxy) is 1. The van der Waals surface area contributed by atoms with Crippen molar-refractivity contribution in [3.05, 3.63) is 42.2 Å². The van der Waals surface area contributed by atoms with E-state index in [2.05, 4.69) is 4.98 Å². The van der Waals surface area contributed by atoms with Gasteiger partial charge in [-0.2, -0.15) is 0 Å². The van der Waals surface area contributed by atoms with Crippen molar-refractivity contribution in [2.45, 2.75) is 19.4 Å². The number of aromatic nitrogens is 1. The van der Waals surface area contributed by atoms with Gasteiger partial charge in [0.25, 0.3) is 0 Å². The Morgan fingerprint density at radius 2 is 2.11 bits per heavy atom. The molecular formula is C15H19NO2. The zero-order valence-corrected chi connectivity index (χ0v) is 11.1. The van der Waals surface area contributed by atoms with Crippen LogP contribution >= 0.6 is 0 Å². The number of methoxy groups -OCH3 is 1. The molecule has 1 N–H and O–H groups in total. The fourth-order valence-electron chi connectivity index (χ4n) is 2.27. The van der Waals surface area contributed by atoms with Gasteiger partial charge in [-0.05, 0) is 22.9 Å². The number of aliphatic hydroxyl groups is 1. The molecule has 0 fully saturated rings. The van der Waals surface area contributed by atoms with Crippen molar-refractivity contribution in [2.24, 2.45) is 5.92 Å². The van der Waals surface area contributed by atoms with Gasteiger partial charge in [0.1, 0.15) is 5.60 Å². The molecule has 0 aliphatic rings. The highest BCUT2D eigenvalue weighted by atomic mass is 16.5. The molecule has 3 nitrogen and oxygen atoms in total. The molecule has 0 bridgehead atoms. The Morgan fingerprint density at radius 3 is 2.78 bits per heavy atom. The molecule has 0 aliphatic carbocycles. The lowest BCUT2D eigenvalue weighted by Crippen LogP contribution is -2.37. The van der Waals surface area contributed by atoms with Gasteiger partial charge in [0.15, 0.2) is 0 Å². The number of fused-ring (bicyclic) bond motifs is 1. The molecule has 0 saturated carbocycles. The molecule has 96 valence electrons. The Kier molecular flexibility index (Phi) is 3.64. The topological polar surface area (TPSA) is 42.4 Å². The molecule has 2 rings (SSSR count). The third-order valence-electron chi connectivity index (χ3n) is 3.47. The zero-order valence-electron chi connectivity index (χ0n) is 11.1. The maximum absolute atomic E-state index is 10.9. The fourth-order valence-corrected chi connectivity index (χ4v) is 2.27. The van der Waals surface area contributed by atoms with E-state index >= 15 is 0 Å². The average Bonchev–Trinajstić information content (AvgIpc) is 2.38. The molecule has 1 aromatic carbocycles. The van der Waals surface area contributed by atoms with Crippen LogP contribution in [-0.2, 0) is 10.3 Å². The van der Waals surface area contributed by atoms with E-state index < -0.39 is 5.60 Å². The second kappa shape index (κ2) is 5.04. The summed E-state index contributed by atoms with van der Waals surface area (Å²) in [4.78, 5) is 4.15. The molecular weight excluding hydrogens is 226 g/mol. The lowest BCUT2D eigenvalue weighted by atomic mass is 9.82. The molecule has 0 aliphatic heterocycles. The third-order valence-corrected chi connectivity index (χ3v) is 3.47. The van der Waals surface area contributed by atoms with Crippen LogP contribution in [0.3, 0.4) is 0 Å². The first-order valence-electron chi connectivity index (χ1n) is 6.14. The van der Waals surface area contributed by atoms with Gasteiger partial charge in [0.05, 0.1) is 6.61 Å². The van der Waals surface area contributed by atoms with E-state index in [9.17, 15) is 5.11 Å². The van der Waals surface area contributed by atoms with Crippen molar-refractivity contribution in [3.63, 3.8) is 0 Å². The van der Waals surface area contributed by atoms with Crippen LogP contribution in [0.5, 0.6) is 0 Å². The monoisotopic (exact) mass is 245 g/mol. The first-order chi connectivity index (χ1) is 8.59. The van der Waals surface area contributed by atoms with E-state index in [0.29, 0.717) is 0 Å². The lowest BCUT2D eigenvalue weighted by Gasteiger charge is -2.32.